The fourth-order valence-electron chi connectivity index (χ4n) is 2.18. The number of nitrogens with one attached hydrogen (secondary N) is 1. The average Bonchev–Trinajstić information content (AvgIpc) is 3.01. The fourth-order valence-corrected chi connectivity index (χ4v) is 3.10. The molecule has 3 N–H and O–H groups in total. The van der Waals surface area contributed by atoms with Crippen LogP contribution in [0.15, 0.2) is 23.6 Å². The lowest BCUT2D eigenvalue weighted by Gasteiger charge is -2.28. The van der Waals surface area contributed by atoms with Gasteiger partial charge in [0.2, 0.25) is 11.5 Å². The molecule has 11 heteroatoms. The standard InChI is InChI=1S/C16H15F5N2O3S/c1-8-7-27-14(23-8)15(26,16(19,20)21)5-13(25)22-6-12(24)9-2-3-10(17)11(18)4-9/h2-4,7,12,24,26H,5-6H2,1H3,(H,22,25)/t12-,15+/m1/s1. The summed E-state index contributed by atoms with van der Waals surface area (Å²) in [5, 5.41) is 22.6. The Balaban J connectivity index is 2.07. The molecule has 5 nitrogen and oxygen atoms in total. The molecular weight excluding hydrogens is 395 g/mol. The van der Waals surface area contributed by atoms with Crippen molar-refractivity contribution in [3.05, 3.63) is 51.5 Å². The van der Waals surface area contributed by atoms with Crippen LogP contribution in [0.2, 0.25) is 0 Å². The highest BCUT2D eigenvalue weighted by atomic mass is 32.1. The van der Waals surface area contributed by atoms with E-state index < -0.39 is 53.4 Å². The molecular formula is C16H15F5N2O3S. The first-order valence-electron chi connectivity index (χ1n) is 7.55. The van der Waals surface area contributed by atoms with E-state index in [1.165, 1.54) is 12.3 Å². The lowest BCUT2D eigenvalue weighted by Crippen LogP contribution is -2.46. The SMILES string of the molecule is Cc1csc([C@@](O)(CC(=O)NC[C@@H](O)c2ccc(F)c(F)c2)C(F)(F)F)n1. The van der Waals surface area contributed by atoms with Gasteiger partial charge in [-0.25, -0.2) is 13.8 Å². The number of rotatable bonds is 6. The average molecular weight is 410 g/mol. The molecule has 0 saturated carbocycles. The quantitative estimate of drug-likeness (QED) is 0.640. The minimum atomic E-state index is -5.16. The predicted molar refractivity (Wildman–Crippen MR) is 85.7 cm³/mol. The van der Waals surface area contributed by atoms with Gasteiger partial charge in [0.15, 0.2) is 11.6 Å². The summed E-state index contributed by atoms with van der Waals surface area (Å²) in [5.74, 6) is -3.56. The zero-order chi connectivity index (χ0) is 20.4. The number of aromatic nitrogens is 1. The van der Waals surface area contributed by atoms with Gasteiger partial charge in [-0.2, -0.15) is 13.2 Å². The number of halogens is 5. The Labute approximate surface area is 154 Å². The zero-order valence-corrected chi connectivity index (χ0v) is 14.7. The third-order valence-corrected chi connectivity index (χ3v) is 4.79. The molecule has 1 amide bonds. The number of aryl methyl sites for hydroxylation is 1. The van der Waals surface area contributed by atoms with E-state index >= 15 is 0 Å². The summed E-state index contributed by atoms with van der Waals surface area (Å²) in [6.45, 7) is 0.879. The van der Waals surface area contributed by atoms with Crippen LogP contribution in [-0.2, 0) is 10.4 Å². The maximum Gasteiger partial charge on any atom is 0.424 e. The zero-order valence-electron chi connectivity index (χ0n) is 13.8. The number of carbonyl (C=O) groups excluding carboxylic acids is 1. The minimum Gasteiger partial charge on any atom is -0.387 e. The molecule has 2 atom stereocenters. The topological polar surface area (TPSA) is 82.5 Å². The Bertz CT molecular complexity index is 827. The third-order valence-electron chi connectivity index (χ3n) is 3.68. The van der Waals surface area contributed by atoms with Gasteiger partial charge in [0.1, 0.15) is 5.01 Å². The molecule has 0 aliphatic heterocycles. The van der Waals surface area contributed by atoms with Gasteiger partial charge >= 0.3 is 6.18 Å². The number of aliphatic hydroxyl groups excluding tert-OH is 1. The maximum atomic E-state index is 13.3. The number of benzene rings is 1. The highest BCUT2D eigenvalue weighted by molar-refractivity contribution is 7.09. The number of thiazole rings is 1. The number of amides is 1. The number of aliphatic hydroxyl groups is 2. The van der Waals surface area contributed by atoms with Crippen LogP contribution in [0.3, 0.4) is 0 Å². The van der Waals surface area contributed by atoms with Gasteiger partial charge in [-0.1, -0.05) is 6.07 Å². The van der Waals surface area contributed by atoms with Crippen molar-refractivity contribution in [2.45, 2.75) is 31.2 Å². The van der Waals surface area contributed by atoms with E-state index in [2.05, 4.69) is 4.98 Å². The molecule has 1 heterocycles. The van der Waals surface area contributed by atoms with E-state index in [9.17, 15) is 37.0 Å². The molecule has 2 rings (SSSR count). The van der Waals surface area contributed by atoms with Crippen molar-refractivity contribution in [3.8, 4) is 0 Å². The molecule has 0 unspecified atom stereocenters. The minimum absolute atomic E-state index is 0.0733. The second kappa shape index (κ2) is 7.87. The highest BCUT2D eigenvalue weighted by Crippen LogP contribution is 2.42. The summed E-state index contributed by atoms with van der Waals surface area (Å²) >= 11 is 0.562. The van der Waals surface area contributed by atoms with Crippen LogP contribution in [-0.4, -0.2) is 33.8 Å². The third kappa shape index (κ3) is 4.79. The molecule has 1 aromatic carbocycles. The van der Waals surface area contributed by atoms with Gasteiger partial charge in [0.25, 0.3) is 0 Å². The lowest BCUT2D eigenvalue weighted by molar-refractivity contribution is -0.267. The van der Waals surface area contributed by atoms with Crippen molar-refractivity contribution < 1.29 is 37.0 Å². The maximum absolute atomic E-state index is 13.3. The normalized spacial score (nSPS) is 15.3. The largest absolute Gasteiger partial charge is 0.424 e. The van der Waals surface area contributed by atoms with Crippen LogP contribution in [0, 0.1) is 18.6 Å². The summed E-state index contributed by atoms with van der Waals surface area (Å²) in [7, 11) is 0. The molecule has 0 spiro atoms. The Morgan fingerprint density at radius 1 is 1.30 bits per heavy atom. The fraction of sp³-hybridized carbons (Fsp3) is 0.375. The van der Waals surface area contributed by atoms with E-state index in [-0.39, 0.29) is 11.3 Å². The van der Waals surface area contributed by atoms with Gasteiger partial charge in [0.05, 0.1) is 12.5 Å². The van der Waals surface area contributed by atoms with Crippen LogP contribution in [0.1, 0.15) is 28.8 Å². The summed E-state index contributed by atoms with van der Waals surface area (Å²) in [5.41, 5.74) is -3.30. The van der Waals surface area contributed by atoms with E-state index in [0.717, 1.165) is 12.1 Å². The summed E-state index contributed by atoms with van der Waals surface area (Å²) in [4.78, 5) is 15.5. The molecule has 148 valence electrons. The molecule has 0 aliphatic rings. The first-order chi connectivity index (χ1) is 12.4. The van der Waals surface area contributed by atoms with Crippen molar-refractivity contribution in [1.82, 2.24) is 10.3 Å². The Morgan fingerprint density at radius 3 is 2.48 bits per heavy atom. The molecule has 0 bridgehead atoms. The molecule has 0 saturated heterocycles. The van der Waals surface area contributed by atoms with Crippen molar-refractivity contribution in [1.29, 1.82) is 0 Å². The summed E-state index contributed by atoms with van der Waals surface area (Å²) in [6, 6.07) is 2.54. The second-order valence-corrected chi connectivity index (χ2v) is 6.68. The monoisotopic (exact) mass is 410 g/mol. The first-order valence-corrected chi connectivity index (χ1v) is 8.43. The van der Waals surface area contributed by atoms with Gasteiger partial charge in [-0.3, -0.25) is 4.79 Å². The summed E-state index contributed by atoms with van der Waals surface area (Å²) < 4.78 is 66.0. The number of hydrogen-bond acceptors (Lipinski definition) is 5. The highest BCUT2D eigenvalue weighted by Gasteiger charge is 2.58. The molecule has 1 aromatic heterocycles. The van der Waals surface area contributed by atoms with Gasteiger partial charge < -0.3 is 15.5 Å². The smallest absolute Gasteiger partial charge is 0.387 e. The number of alkyl halides is 3. The second-order valence-electron chi connectivity index (χ2n) is 5.82. The Kier molecular flexibility index (Phi) is 6.17. The van der Waals surface area contributed by atoms with Crippen LogP contribution in [0.4, 0.5) is 22.0 Å². The van der Waals surface area contributed by atoms with Crippen molar-refractivity contribution in [2.75, 3.05) is 6.54 Å². The Morgan fingerprint density at radius 2 is 1.96 bits per heavy atom. The van der Waals surface area contributed by atoms with Crippen LogP contribution < -0.4 is 5.32 Å². The van der Waals surface area contributed by atoms with Crippen LogP contribution >= 0.6 is 11.3 Å². The van der Waals surface area contributed by atoms with E-state index in [4.69, 9.17) is 0 Å². The molecule has 0 radical (unpaired) electrons. The van der Waals surface area contributed by atoms with E-state index in [1.807, 2.05) is 5.32 Å². The lowest BCUT2D eigenvalue weighted by atomic mass is 9.99. The molecule has 27 heavy (non-hydrogen) atoms. The van der Waals surface area contributed by atoms with Crippen molar-refractivity contribution >= 4 is 17.2 Å². The van der Waals surface area contributed by atoms with E-state index in [1.54, 1.807) is 0 Å². The van der Waals surface area contributed by atoms with Gasteiger partial charge in [0, 0.05) is 17.6 Å². The number of hydrogen-bond donors (Lipinski definition) is 3. The predicted octanol–water partition coefficient (Wildman–Crippen LogP) is 2.72. The Hall–Kier alpha value is -2.11. The first kappa shape index (κ1) is 21.2. The molecule has 2 aromatic rings. The van der Waals surface area contributed by atoms with E-state index in [0.29, 0.717) is 17.4 Å². The summed E-state index contributed by atoms with van der Waals surface area (Å²) in [6.07, 6.45) is -8.01. The van der Waals surface area contributed by atoms with Crippen molar-refractivity contribution in [2.24, 2.45) is 0 Å². The molecule has 0 aliphatic carbocycles. The molecule has 0 fully saturated rings. The van der Waals surface area contributed by atoms with Gasteiger partial charge in [-0.05, 0) is 24.6 Å². The van der Waals surface area contributed by atoms with Crippen molar-refractivity contribution in [3.63, 3.8) is 0 Å². The number of nitrogens with zero attached hydrogens (tertiary/aromatic N) is 1. The van der Waals surface area contributed by atoms with Crippen LogP contribution in [0.25, 0.3) is 0 Å². The van der Waals surface area contributed by atoms with Crippen LogP contribution in [0.5, 0.6) is 0 Å². The number of carbonyl (C=O) groups is 1. The van der Waals surface area contributed by atoms with Gasteiger partial charge in [-0.15, -0.1) is 11.3 Å².